The fraction of sp³-hybridized carbons (Fsp3) is 0.875. The van der Waals surface area contributed by atoms with Crippen molar-refractivity contribution in [3.05, 3.63) is 11.6 Å². The van der Waals surface area contributed by atoms with Gasteiger partial charge < -0.3 is 9.47 Å². The second kappa shape index (κ2) is 4.97. The van der Waals surface area contributed by atoms with Crippen molar-refractivity contribution >= 4 is 0 Å². The standard InChI is InChI=1S/C16H28O2/c1-10-7-11(2)14(12(3)8-10)15-17-13(4)9-16(5,6)18-15/h7,11-15H,8-9H2,1-6H3/t11-,12-,13+,14-,15+/m1/s1. The van der Waals surface area contributed by atoms with Crippen molar-refractivity contribution in [1.29, 1.82) is 0 Å². The Morgan fingerprint density at radius 3 is 2.44 bits per heavy atom. The number of hydrogen-bond acceptors (Lipinski definition) is 2. The van der Waals surface area contributed by atoms with E-state index in [-0.39, 0.29) is 11.9 Å². The predicted octanol–water partition coefficient (Wildman–Crippen LogP) is 4.15. The molecule has 1 aliphatic carbocycles. The first-order chi connectivity index (χ1) is 8.28. The Morgan fingerprint density at radius 2 is 1.89 bits per heavy atom. The Hall–Kier alpha value is -0.340. The van der Waals surface area contributed by atoms with Crippen molar-refractivity contribution in [2.24, 2.45) is 17.8 Å². The van der Waals surface area contributed by atoms with Gasteiger partial charge in [-0.25, -0.2) is 0 Å². The van der Waals surface area contributed by atoms with Gasteiger partial charge >= 0.3 is 0 Å². The molecule has 2 nitrogen and oxygen atoms in total. The van der Waals surface area contributed by atoms with Crippen LogP contribution in [0.15, 0.2) is 11.6 Å². The fourth-order valence-corrected chi connectivity index (χ4v) is 3.84. The first kappa shape index (κ1) is 14.1. The largest absolute Gasteiger partial charge is 0.349 e. The van der Waals surface area contributed by atoms with Crippen molar-refractivity contribution in [1.82, 2.24) is 0 Å². The van der Waals surface area contributed by atoms with E-state index in [0.29, 0.717) is 23.9 Å². The molecule has 0 aromatic rings. The van der Waals surface area contributed by atoms with Gasteiger partial charge in [0.25, 0.3) is 0 Å². The lowest BCUT2D eigenvalue weighted by atomic mass is 9.74. The number of allylic oxidation sites excluding steroid dienone is 2. The number of rotatable bonds is 1. The molecule has 5 atom stereocenters. The van der Waals surface area contributed by atoms with Crippen LogP contribution in [0.5, 0.6) is 0 Å². The van der Waals surface area contributed by atoms with Crippen LogP contribution in [0.2, 0.25) is 0 Å². The van der Waals surface area contributed by atoms with E-state index in [4.69, 9.17) is 9.47 Å². The van der Waals surface area contributed by atoms with E-state index in [9.17, 15) is 0 Å². The molecule has 0 radical (unpaired) electrons. The summed E-state index contributed by atoms with van der Waals surface area (Å²) in [5, 5.41) is 0. The van der Waals surface area contributed by atoms with Gasteiger partial charge in [-0.2, -0.15) is 0 Å². The van der Waals surface area contributed by atoms with Crippen LogP contribution >= 0.6 is 0 Å². The zero-order valence-corrected chi connectivity index (χ0v) is 12.7. The predicted molar refractivity (Wildman–Crippen MR) is 74.3 cm³/mol. The minimum atomic E-state index is -0.0576. The topological polar surface area (TPSA) is 18.5 Å². The maximum absolute atomic E-state index is 6.21. The van der Waals surface area contributed by atoms with Gasteiger partial charge in [0.2, 0.25) is 0 Å². The van der Waals surface area contributed by atoms with Gasteiger partial charge in [-0.1, -0.05) is 25.5 Å². The Morgan fingerprint density at radius 1 is 1.22 bits per heavy atom. The van der Waals surface area contributed by atoms with Crippen LogP contribution in [0.3, 0.4) is 0 Å². The van der Waals surface area contributed by atoms with Crippen LogP contribution in [0.25, 0.3) is 0 Å². The number of hydrogen-bond donors (Lipinski definition) is 0. The molecule has 0 aromatic heterocycles. The molecule has 0 bridgehead atoms. The molecule has 0 aromatic carbocycles. The van der Waals surface area contributed by atoms with Gasteiger partial charge in [0.1, 0.15) is 0 Å². The normalized spacial score (nSPS) is 44.6. The summed E-state index contributed by atoms with van der Waals surface area (Å²) in [7, 11) is 0. The Kier molecular flexibility index (Phi) is 3.89. The lowest BCUT2D eigenvalue weighted by Gasteiger charge is -2.46. The second-order valence-electron chi connectivity index (χ2n) is 7.03. The summed E-state index contributed by atoms with van der Waals surface area (Å²) in [6.45, 7) is 13.4. The van der Waals surface area contributed by atoms with Gasteiger partial charge in [-0.3, -0.25) is 0 Å². The number of ether oxygens (including phenoxy) is 2. The molecule has 104 valence electrons. The maximum Gasteiger partial charge on any atom is 0.162 e. The summed E-state index contributed by atoms with van der Waals surface area (Å²) >= 11 is 0. The summed E-state index contributed by atoms with van der Waals surface area (Å²) in [4.78, 5) is 0. The monoisotopic (exact) mass is 252 g/mol. The summed E-state index contributed by atoms with van der Waals surface area (Å²) in [5.74, 6) is 1.66. The summed E-state index contributed by atoms with van der Waals surface area (Å²) in [6, 6.07) is 0. The van der Waals surface area contributed by atoms with Gasteiger partial charge in [0.15, 0.2) is 6.29 Å². The van der Waals surface area contributed by atoms with Crippen molar-refractivity contribution < 1.29 is 9.47 Å². The van der Waals surface area contributed by atoms with E-state index in [0.717, 1.165) is 6.42 Å². The molecule has 1 saturated heterocycles. The zero-order chi connectivity index (χ0) is 13.5. The zero-order valence-electron chi connectivity index (χ0n) is 12.7. The molecule has 0 saturated carbocycles. The summed E-state index contributed by atoms with van der Waals surface area (Å²) in [5.41, 5.74) is 1.45. The molecule has 0 N–H and O–H groups in total. The highest BCUT2D eigenvalue weighted by Crippen LogP contribution is 2.41. The fourth-order valence-electron chi connectivity index (χ4n) is 3.84. The molecule has 1 heterocycles. The third-order valence-electron chi connectivity index (χ3n) is 4.35. The van der Waals surface area contributed by atoms with E-state index in [2.05, 4.69) is 47.6 Å². The van der Waals surface area contributed by atoms with Gasteiger partial charge in [0.05, 0.1) is 11.7 Å². The molecule has 2 heteroatoms. The average Bonchev–Trinajstić information content (AvgIpc) is 2.11. The van der Waals surface area contributed by atoms with Crippen LogP contribution in [-0.4, -0.2) is 18.0 Å². The minimum absolute atomic E-state index is 0.0434. The lowest BCUT2D eigenvalue weighted by molar-refractivity contribution is -0.296. The van der Waals surface area contributed by atoms with E-state index in [1.165, 1.54) is 12.0 Å². The van der Waals surface area contributed by atoms with Crippen molar-refractivity contribution in [2.75, 3.05) is 0 Å². The van der Waals surface area contributed by atoms with Gasteiger partial charge in [-0.05, 0) is 46.0 Å². The Bertz CT molecular complexity index is 332. The average molecular weight is 252 g/mol. The molecule has 0 unspecified atom stereocenters. The highest BCUT2D eigenvalue weighted by molar-refractivity contribution is 5.09. The summed E-state index contributed by atoms with van der Waals surface area (Å²) in [6.07, 6.45) is 4.80. The van der Waals surface area contributed by atoms with Crippen molar-refractivity contribution in [2.45, 2.75) is 72.4 Å². The lowest BCUT2D eigenvalue weighted by Crippen LogP contribution is -2.49. The molecular weight excluding hydrogens is 224 g/mol. The Balaban J connectivity index is 2.15. The van der Waals surface area contributed by atoms with Crippen LogP contribution in [0.4, 0.5) is 0 Å². The van der Waals surface area contributed by atoms with Gasteiger partial charge in [-0.15, -0.1) is 0 Å². The smallest absolute Gasteiger partial charge is 0.162 e. The highest BCUT2D eigenvalue weighted by atomic mass is 16.7. The molecule has 1 fully saturated rings. The first-order valence-corrected chi connectivity index (χ1v) is 7.29. The van der Waals surface area contributed by atoms with Crippen LogP contribution in [0, 0.1) is 17.8 Å². The molecular formula is C16H28O2. The van der Waals surface area contributed by atoms with Crippen LogP contribution in [-0.2, 0) is 9.47 Å². The Labute approximate surface area is 112 Å². The third kappa shape index (κ3) is 2.97. The SMILES string of the molecule is CC1=C[C@@H](C)[C@@H]([C@H]2O[C@@H](C)CC(C)(C)O2)[C@H](C)C1. The maximum atomic E-state index is 6.21. The first-order valence-electron chi connectivity index (χ1n) is 7.29. The van der Waals surface area contributed by atoms with E-state index in [1.807, 2.05) is 0 Å². The minimum Gasteiger partial charge on any atom is -0.349 e. The quantitative estimate of drug-likeness (QED) is 0.653. The van der Waals surface area contributed by atoms with Crippen LogP contribution in [0.1, 0.15) is 54.4 Å². The van der Waals surface area contributed by atoms with Crippen molar-refractivity contribution in [3.63, 3.8) is 0 Å². The molecule has 0 amide bonds. The second-order valence-corrected chi connectivity index (χ2v) is 7.03. The summed E-state index contributed by atoms with van der Waals surface area (Å²) < 4.78 is 12.3. The third-order valence-corrected chi connectivity index (χ3v) is 4.35. The van der Waals surface area contributed by atoms with Crippen LogP contribution < -0.4 is 0 Å². The van der Waals surface area contributed by atoms with E-state index in [1.54, 1.807) is 0 Å². The molecule has 2 aliphatic rings. The molecule has 2 rings (SSSR count). The molecule has 1 aliphatic heterocycles. The van der Waals surface area contributed by atoms with E-state index >= 15 is 0 Å². The molecule has 18 heavy (non-hydrogen) atoms. The van der Waals surface area contributed by atoms with Crippen molar-refractivity contribution in [3.8, 4) is 0 Å². The molecule has 0 spiro atoms. The highest BCUT2D eigenvalue weighted by Gasteiger charge is 2.42. The van der Waals surface area contributed by atoms with E-state index < -0.39 is 0 Å². The van der Waals surface area contributed by atoms with Gasteiger partial charge in [0, 0.05) is 12.3 Å².